The Balaban J connectivity index is 1.55. The van der Waals surface area contributed by atoms with Crippen molar-refractivity contribution in [2.45, 2.75) is 51.9 Å². The molecule has 6 heteroatoms. The molecule has 0 unspecified atom stereocenters. The van der Waals surface area contributed by atoms with Crippen molar-refractivity contribution in [2.24, 2.45) is 7.05 Å². The molecule has 0 aromatic carbocycles. The normalized spacial score (nSPS) is 16.4. The molecule has 1 aliphatic heterocycles. The van der Waals surface area contributed by atoms with E-state index in [-0.39, 0.29) is 12.2 Å². The fourth-order valence-electron chi connectivity index (χ4n) is 2.73. The fraction of sp³-hybridized carbons (Fsp3) is 0.722. The van der Waals surface area contributed by atoms with Crippen LogP contribution in [0, 0.1) is 0 Å². The number of hydrogen-bond acceptors (Lipinski definition) is 4. The Morgan fingerprint density at radius 1 is 1.33 bits per heavy atom. The van der Waals surface area contributed by atoms with Crippen LogP contribution in [0.2, 0.25) is 0 Å². The molecule has 0 radical (unpaired) electrons. The Kier molecular flexibility index (Phi) is 6.69. The van der Waals surface area contributed by atoms with E-state index in [0.717, 1.165) is 25.9 Å². The van der Waals surface area contributed by atoms with Gasteiger partial charge in [-0.15, -0.1) is 0 Å². The van der Waals surface area contributed by atoms with E-state index in [0.29, 0.717) is 19.7 Å². The number of nitrogens with zero attached hydrogens (tertiary/aromatic N) is 2. The fourth-order valence-corrected chi connectivity index (χ4v) is 2.73. The molecule has 0 saturated carbocycles. The second-order valence-electron chi connectivity index (χ2n) is 7.40. The molecule has 1 aromatic rings. The topological polar surface area (TPSA) is 55.7 Å². The smallest absolute Gasteiger partial charge is 0.410 e. The maximum absolute atomic E-state index is 12.0. The van der Waals surface area contributed by atoms with Crippen molar-refractivity contribution in [3.63, 3.8) is 0 Å². The molecule has 0 bridgehead atoms. The number of ether oxygens (including phenoxy) is 2. The van der Waals surface area contributed by atoms with Gasteiger partial charge in [0.05, 0.1) is 12.7 Å². The van der Waals surface area contributed by atoms with Crippen LogP contribution in [0.25, 0.3) is 0 Å². The van der Waals surface area contributed by atoms with Crippen molar-refractivity contribution >= 4 is 6.09 Å². The molecule has 2 heterocycles. The van der Waals surface area contributed by atoms with Crippen LogP contribution in [0.4, 0.5) is 4.79 Å². The predicted molar refractivity (Wildman–Crippen MR) is 93.9 cm³/mol. The van der Waals surface area contributed by atoms with Gasteiger partial charge < -0.3 is 24.3 Å². The van der Waals surface area contributed by atoms with Crippen LogP contribution >= 0.6 is 0 Å². The van der Waals surface area contributed by atoms with E-state index in [4.69, 9.17) is 9.47 Å². The number of nitrogens with one attached hydrogen (secondary N) is 1. The van der Waals surface area contributed by atoms with Crippen molar-refractivity contribution < 1.29 is 14.3 Å². The van der Waals surface area contributed by atoms with Crippen LogP contribution in [0.1, 0.15) is 39.2 Å². The Morgan fingerprint density at radius 3 is 2.62 bits per heavy atom. The largest absolute Gasteiger partial charge is 0.444 e. The van der Waals surface area contributed by atoms with Crippen LogP contribution in [-0.4, -0.2) is 53.5 Å². The third-order valence-electron chi connectivity index (χ3n) is 3.95. The number of amides is 1. The van der Waals surface area contributed by atoms with Crippen molar-refractivity contribution in [1.82, 2.24) is 14.8 Å². The molecular weight excluding hydrogens is 306 g/mol. The lowest BCUT2D eigenvalue weighted by molar-refractivity contribution is -0.0104. The van der Waals surface area contributed by atoms with E-state index in [1.54, 1.807) is 4.90 Å². The predicted octanol–water partition coefficient (Wildman–Crippen LogP) is 2.53. The maximum atomic E-state index is 12.0. The quantitative estimate of drug-likeness (QED) is 0.811. The minimum atomic E-state index is -0.436. The van der Waals surface area contributed by atoms with Gasteiger partial charge in [0.1, 0.15) is 5.60 Å². The Hall–Kier alpha value is -1.53. The third kappa shape index (κ3) is 6.53. The highest BCUT2D eigenvalue weighted by Crippen LogP contribution is 2.17. The van der Waals surface area contributed by atoms with E-state index in [1.807, 2.05) is 38.6 Å². The first-order valence-corrected chi connectivity index (χ1v) is 8.74. The van der Waals surface area contributed by atoms with Gasteiger partial charge in [0.25, 0.3) is 0 Å². The second-order valence-corrected chi connectivity index (χ2v) is 7.40. The highest BCUT2D eigenvalue weighted by molar-refractivity contribution is 5.68. The number of piperidine rings is 1. The molecule has 1 fully saturated rings. The minimum absolute atomic E-state index is 0.217. The van der Waals surface area contributed by atoms with E-state index in [1.165, 1.54) is 5.56 Å². The number of carbonyl (C=O) groups excluding carboxylic acids is 1. The average molecular weight is 337 g/mol. The van der Waals surface area contributed by atoms with Crippen molar-refractivity contribution in [3.05, 3.63) is 24.0 Å². The summed E-state index contributed by atoms with van der Waals surface area (Å²) >= 11 is 0. The number of aryl methyl sites for hydroxylation is 1. The SMILES string of the molecule is Cn1ccc(CNCCOC2CCN(C(=O)OC(C)(C)C)CC2)c1. The summed E-state index contributed by atoms with van der Waals surface area (Å²) in [6, 6.07) is 2.11. The van der Waals surface area contributed by atoms with Crippen LogP contribution in [-0.2, 0) is 23.1 Å². The highest BCUT2D eigenvalue weighted by Gasteiger charge is 2.26. The second kappa shape index (κ2) is 8.53. The lowest BCUT2D eigenvalue weighted by Gasteiger charge is -2.33. The van der Waals surface area contributed by atoms with E-state index < -0.39 is 5.60 Å². The molecular formula is C18H31N3O3. The van der Waals surface area contributed by atoms with Gasteiger partial charge in [-0.25, -0.2) is 4.79 Å². The molecule has 1 aliphatic rings. The lowest BCUT2D eigenvalue weighted by atomic mass is 10.1. The summed E-state index contributed by atoms with van der Waals surface area (Å²) in [6.07, 6.45) is 5.93. The number of aromatic nitrogens is 1. The molecule has 2 rings (SSSR count). The summed E-state index contributed by atoms with van der Waals surface area (Å²) in [7, 11) is 2.02. The zero-order valence-corrected chi connectivity index (χ0v) is 15.4. The van der Waals surface area contributed by atoms with Crippen LogP contribution in [0.15, 0.2) is 18.5 Å². The van der Waals surface area contributed by atoms with Gasteiger partial charge in [-0.1, -0.05) is 0 Å². The molecule has 1 N–H and O–H groups in total. The van der Waals surface area contributed by atoms with Gasteiger partial charge in [-0.2, -0.15) is 0 Å². The molecule has 1 aromatic heterocycles. The van der Waals surface area contributed by atoms with Crippen LogP contribution in [0.5, 0.6) is 0 Å². The van der Waals surface area contributed by atoms with Crippen molar-refractivity contribution in [2.75, 3.05) is 26.2 Å². The van der Waals surface area contributed by atoms with Gasteiger partial charge >= 0.3 is 6.09 Å². The first-order chi connectivity index (χ1) is 11.3. The van der Waals surface area contributed by atoms with E-state index >= 15 is 0 Å². The summed E-state index contributed by atoms with van der Waals surface area (Å²) < 4.78 is 13.4. The van der Waals surface area contributed by atoms with Crippen LogP contribution < -0.4 is 5.32 Å². The van der Waals surface area contributed by atoms with Gasteiger partial charge in [0, 0.05) is 45.6 Å². The number of likely N-dealkylation sites (tertiary alicyclic amines) is 1. The van der Waals surface area contributed by atoms with Gasteiger partial charge in [0.15, 0.2) is 0 Å². The summed E-state index contributed by atoms with van der Waals surface area (Å²) in [6.45, 7) is 9.48. The summed E-state index contributed by atoms with van der Waals surface area (Å²) in [5.74, 6) is 0. The monoisotopic (exact) mass is 337 g/mol. The molecule has 0 atom stereocenters. The first-order valence-electron chi connectivity index (χ1n) is 8.74. The molecule has 0 spiro atoms. The average Bonchev–Trinajstić information content (AvgIpc) is 2.91. The van der Waals surface area contributed by atoms with E-state index in [9.17, 15) is 4.79 Å². The van der Waals surface area contributed by atoms with Crippen LogP contribution in [0.3, 0.4) is 0 Å². The number of rotatable bonds is 6. The summed E-state index contributed by atoms with van der Waals surface area (Å²) in [4.78, 5) is 13.8. The summed E-state index contributed by atoms with van der Waals surface area (Å²) in [5, 5.41) is 3.38. The molecule has 1 saturated heterocycles. The Morgan fingerprint density at radius 2 is 2.04 bits per heavy atom. The van der Waals surface area contributed by atoms with E-state index in [2.05, 4.69) is 17.6 Å². The van der Waals surface area contributed by atoms with Crippen molar-refractivity contribution in [1.29, 1.82) is 0 Å². The van der Waals surface area contributed by atoms with Crippen molar-refractivity contribution in [3.8, 4) is 0 Å². The number of hydrogen-bond donors (Lipinski definition) is 1. The first kappa shape index (κ1) is 18.8. The maximum Gasteiger partial charge on any atom is 0.410 e. The number of carbonyl (C=O) groups is 1. The Labute approximate surface area is 145 Å². The third-order valence-corrected chi connectivity index (χ3v) is 3.95. The molecule has 136 valence electrons. The highest BCUT2D eigenvalue weighted by atomic mass is 16.6. The van der Waals surface area contributed by atoms with Gasteiger partial charge in [-0.3, -0.25) is 0 Å². The minimum Gasteiger partial charge on any atom is -0.444 e. The molecule has 0 aliphatic carbocycles. The standard InChI is InChI=1S/C18H31N3O3/c1-18(2,3)24-17(22)21-10-6-16(7-11-21)23-12-8-19-13-15-5-9-20(4)14-15/h5,9,14,16,19H,6-8,10-13H2,1-4H3. The van der Waals surface area contributed by atoms with Gasteiger partial charge in [0.2, 0.25) is 0 Å². The van der Waals surface area contributed by atoms with Gasteiger partial charge in [-0.05, 0) is 45.2 Å². The summed E-state index contributed by atoms with van der Waals surface area (Å²) in [5.41, 5.74) is 0.845. The molecule has 1 amide bonds. The zero-order valence-electron chi connectivity index (χ0n) is 15.4. The zero-order chi connectivity index (χ0) is 17.6. The Bertz CT molecular complexity index is 514. The molecule has 24 heavy (non-hydrogen) atoms. The molecule has 6 nitrogen and oxygen atoms in total. The lowest BCUT2D eigenvalue weighted by Crippen LogP contribution is -2.43.